The minimum atomic E-state index is -1.03. The fourth-order valence-electron chi connectivity index (χ4n) is 4.60. The van der Waals surface area contributed by atoms with E-state index in [4.69, 9.17) is 16.3 Å². The molecule has 0 aromatic heterocycles. The Kier molecular flexibility index (Phi) is 7.42. The number of hydrogen-bond acceptors (Lipinski definition) is 4. The summed E-state index contributed by atoms with van der Waals surface area (Å²) < 4.78 is 19.7. The van der Waals surface area contributed by atoms with Gasteiger partial charge in [-0.3, -0.25) is 19.3 Å². The molecule has 35 heavy (non-hydrogen) atoms. The molecular weight excluding hydrogens is 473 g/mol. The first-order chi connectivity index (χ1) is 16.7. The molecule has 2 fully saturated rings. The molecule has 2 saturated heterocycles. The minimum Gasteiger partial charge on any atom is -0.353 e. The number of benzene rings is 2. The van der Waals surface area contributed by atoms with Gasteiger partial charge >= 0.3 is 0 Å². The van der Waals surface area contributed by atoms with Crippen LogP contribution in [0.3, 0.4) is 0 Å². The van der Waals surface area contributed by atoms with Crippen LogP contribution >= 0.6 is 11.6 Å². The number of nitrogens with zero attached hydrogens (tertiary/aromatic N) is 2. The summed E-state index contributed by atoms with van der Waals surface area (Å²) >= 11 is 6.04. The van der Waals surface area contributed by atoms with E-state index >= 15 is 0 Å². The van der Waals surface area contributed by atoms with Gasteiger partial charge in [-0.1, -0.05) is 24.6 Å². The van der Waals surface area contributed by atoms with Gasteiger partial charge in [-0.2, -0.15) is 0 Å². The third-order valence-electron chi connectivity index (χ3n) is 6.78. The Morgan fingerprint density at radius 2 is 1.80 bits per heavy atom. The van der Waals surface area contributed by atoms with Crippen LogP contribution in [0.15, 0.2) is 48.5 Å². The summed E-state index contributed by atoms with van der Waals surface area (Å²) in [5, 5.41) is 3.42. The predicted molar refractivity (Wildman–Crippen MR) is 130 cm³/mol. The van der Waals surface area contributed by atoms with E-state index in [1.54, 1.807) is 29.2 Å². The molecule has 9 heteroatoms. The van der Waals surface area contributed by atoms with Gasteiger partial charge < -0.3 is 15.0 Å². The second-order valence-electron chi connectivity index (χ2n) is 9.08. The highest BCUT2D eigenvalue weighted by Crippen LogP contribution is 2.39. The Balaban J connectivity index is 1.57. The molecule has 2 aliphatic rings. The first-order valence-corrected chi connectivity index (χ1v) is 12.2. The normalized spacial score (nSPS) is 20.1. The van der Waals surface area contributed by atoms with Gasteiger partial charge in [0, 0.05) is 48.1 Å². The third kappa shape index (κ3) is 5.18. The summed E-state index contributed by atoms with van der Waals surface area (Å²) in [6, 6.07) is 11.1. The van der Waals surface area contributed by atoms with Gasteiger partial charge in [0.2, 0.25) is 5.91 Å². The summed E-state index contributed by atoms with van der Waals surface area (Å²) in [6.45, 7) is 4.61. The highest BCUT2D eigenvalue weighted by atomic mass is 35.5. The summed E-state index contributed by atoms with van der Waals surface area (Å²) in [7, 11) is 0. The molecule has 0 radical (unpaired) electrons. The molecule has 2 atom stereocenters. The van der Waals surface area contributed by atoms with Gasteiger partial charge in [-0.15, -0.1) is 0 Å². The lowest BCUT2D eigenvalue weighted by molar-refractivity contribution is -0.128. The Bertz CT molecular complexity index is 1100. The highest BCUT2D eigenvalue weighted by Gasteiger charge is 2.54. The topological polar surface area (TPSA) is 79.0 Å². The standard InChI is InChI=1S/C26H29ClFN3O4/c1-3-17(2)29-23(32)22-16-35-26(31(22)25(34)18-7-9-21(28)10-8-18)11-13-30(14-12-26)24(33)19-5-4-6-20(27)15-19/h4-10,15,17,22H,3,11-14,16H2,1-2H3,(H,29,32)/t17-,22-/m1/s1. The number of hydrogen-bond donors (Lipinski definition) is 1. The minimum absolute atomic E-state index is 0.0530. The molecule has 0 aliphatic carbocycles. The van der Waals surface area contributed by atoms with Crippen molar-refractivity contribution in [3.05, 3.63) is 70.5 Å². The maximum absolute atomic E-state index is 13.6. The maximum Gasteiger partial charge on any atom is 0.256 e. The smallest absolute Gasteiger partial charge is 0.256 e. The molecular formula is C26H29ClFN3O4. The molecule has 2 heterocycles. The van der Waals surface area contributed by atoms with Gasteiger partial charge in [0.15, 0.2) is 0 Å². The van der Waals surface area contributed by atoms with Crippen LogP contribution in [0.4, 0.5) is 4.39 Å². The zero-order valence-corrected chi connectivity index (χ0v) is 20.6. The lowest BCUT2D eigenvalue weighted by atomic mass is 9.96. The van der Waals surface area contributed by atoms with Crippen LogP contribution in [0.1, 0.15) is 53.8 Å². The number of rotatable bonds is 5. The van der Waals surface area contributed by atoms with E-state index in [9.17, 15) is 18.8 Å². The fourth-order valence-corrected chi connectivity index (χ4v) is 4.79. The first kappa shape index (κ1) is 25.1. The van der Waals surface area contributed by atoms with E-state index in [1.165, 1.54) is 29.2 Å². The van der Waals surface area contributed by atoms with Crippen molar-refractivity contribution < 1.29 is 23.5 Å². The second-order valence-corrected chi connectivity index (χ2v) is 9.51. The van der Waals surface area contributed by atoms with Gasteiger partial charge in [0.05, 0.1) is 6.61 Å². The Labute approximate surface area is 209 Å². The molecule has 4 rings (SSSR count). The van der Waals surface area contributed by atoms with Crippen molar-refractivity contribution in [3.8, 4) is 0 Å². The van der Waals surface area contributed by atoms with Gasteiger partial charge in [-0.25, -0.2) is 4.39 Å². The number of halogens is 2. The van der Waals surface area contributed by atoms with E-state index < -0.39 is 23.5 Å². The van der Waals surface area contributed by atoms with Crippen molar-refractivity contribution in [2.45, 2.75) is 50.9 Å². The SMILES string of the molecule is CC[C@@H](C)NC(=O)[C@H]1COC2(CCN(C(=O)c3cccc(Cl)c3)CC2)N1C(=O)c1ccc(F)cc1. The first-order valence-electron chi connectivity index (χ1n) is 11.8. The molecule has 0 saturated carbocycles. The predicted octanol–water partition coefficient (Wildman–Crippen LogP) is 3.87. The van der Waals surface area contributed by atoms with Crippen molar-refractivity contribution in [1.29, 1.82) is 0 Å². The van der Waals surface area contributed by atoms with E-state index in [1.807, 2.05) is 13.8 Å². The van der Waals surface area contributed by atoms with Crippen LogP contribution < -0.4 is 5.32 Å². The number of amides is 3. The molecule has 2 aromatic carbocycles. The molecule has 3 amide bonds. The zero-order chi connectivity index (χ0) is 25.2. The van der Waals surface area contributed by atoms with Crippen molar-refractivity contribution in [3.63, 3.8) is 0 Å². The van der Waals surface area contributed by atoms with Crippen LogP contribution in [-0.4, -0.2) is 65.0 Å². The van der Waals surface area contributed by atoms with Crippen LogP contribution in [-0.2, 0) is 9.53 Å². The van der Waals surface area contributed by atoms with Crippen LogP contribution in [0.25, 0.3) is 0 Å². The largest absolute Gasteiger partial charge is 0.353 e. The zero-order valence-electron chi connectivity index (χ0n) is 19.8. The molecule has 186 valence electrons. The number of carbonyl (C=O) groups is 3. The van der Waals surface area contributed by atoms with Crippen molar-refractivity contribution in [2.24, 2.45) is 0 Å². The molecule has 1 spiro atoms. The van der Waals surface area contributed by atoms with Gasteiger partial charge in [0.1, 0.15) is 17.6 Å². The van der Waals surface area contributed by atoms with Crippen LogP contribution in [0, 0.1) is 5.82 Å². The second kappa shape index (κ2) is 10.3. The lowest BCUT2D eigenvalue weighted by Gasteiger charge is -2.44. The Morgan fingerprint density at radius 1 is 1.11 bits per heavy atom. The third-order valence-corrected chi connectivity index (χ3v) is 7.01. The molecule has 2 aliphatic heterocycles. The van der Waals surface area contributed by atoms with E-state index in [0.29, 0.717) is 36.5 Å². The fraction of sp³-hybridized carbons (Fsp3) is 0.423. The molecule has 0 bridgehead atoms. The average molecular weight is 502 g/mol. The molecule has 2 aromatic rings. The molecule has 7 nitrogen and oxygen atoms in total. The lowest BCUT2D eigenvalue weighted by Crippen LogP contribution is -2.60. The van der Waals surface area contributed by atoms with Crippen molar-refractivity contribution >= 4 is 29.3 Å². The maximum atomic E-state index is 13.6. The van der Waals surface area contributed by atoms with Crippen LogP contribution in [0.2, 0.25) is 5.02 Å². The number of piperidine rings is 1. The number of ether oxygens (including phenoxy) is 1. The van der Waals surface area contributed by atoms with E-state index in [0.717, 1.165) is 6.42 Å². The monoisotopic (exact) mass is 501 g/mol. The van der Waals surface area contributed by atoms with Crippen molar-refractivity contribution in [1.82, 2.24) is 15.1 Å². The number of likely N-dealkylation sites (tertiary alicyclic amines) is 1. The highest BCUT2D eigenvalue weighted by molar-refractivity contribution is 6.30. The number of nitrogens with one attached hydrogen (secondary N) is 1. The van der Waals surface area contributed by atoms with Gasteiger partial charge in [-0.05, 0) is 55.8 Å². The van der Waals surface area contributed by atoms with Crippen molar-refractivity contribution in [2.75, 3.05) is 19.7 Å². The summed E-state index contributed by atoms with van der Waals surface area (Å²) in [4.78, 5) is 42.9. The van der Waals surface area contributed by atoms with E-state index in [2.05, 4.69) is 5.32 Å². The number of carbonyl (C=O) groups excluding carboxylic acids is 3. The van der Waals surface area contributed by atoms with Crippen LogP contribution in [0.5, 0.6) is 0 Å². The summed E-state index contributed by atoms with van der Waals surface area (Å²) in [5.41, 5.74) is -0.269. The summed E-state index contributed by atoms with van der Waals surface area (Å²) in [5.74, 6) is -1.29. The van der Waals surface area contributed by atoms with E-state index in [-0.39, 0.29) is 30.0 Å². The Morgan fingerprint density at radius 3 is 2.43 bits per heavy atom. The van der Waals surface area contributed by atoms with Gasteiger partial charge in [0.25, 0.3) is 11.8 Å². The average Bonchev–Trinajstić information content (AvgIpc) is 3.22. The molecule has 1 N–H and O–H groups in total. The molecule has 0 unspecified atom stereocenters. The Hall–Kier alpha value is -2.97. The quantitative estimate of drug-likeness (QED) is 0.674. The summed E-state index contributed by atoms with van der Waals surface area (Å²) in [6.07, 6.45) is 1.44.